The summed E-state index contributed by atoms with van der Waals surface area (Å²) in [6.45, 7) is 0. The lowest BCUT2D eigenvalue weighted by Crippen LogP contribution is -2.17. The number of benzene rings is 1. The fraction of sp³-hybridized carbons (Fsp3) is 0.182. The summed E-state index contributed by atoms with van der Waals surface area (Å²) >= 11 is 2.95. The fourth-order valence-electron chi connectivity index (χ4n) is 1.72. The molecule has 8 heteroatoms. The maximum Gasteiger partial charge on any atom is 0.417 e. The van der Waals surface area contributed by atoms with Crippen molar-refractivity contribution in [2.45, 2.75) is 12.4 Å². The normalized spacial score (nSPS) is 13.0. The van der Waals surface area contributed by atoms with Crippen LogP contribution < -0.4 is 0 Å². The van der Waals surface area contributed by atoms with Crippen LogP contribution in [0.4, 0.5) is 26.3 Å². The molecule has 1 nitrogen and oxygen atoms in total. The number of hydrogen-bond donors (Lipinski definition) is 0. The minimum absolute atomic E-state index is 0.158. The van der Waals surface area contributed by atoms with Gasteiger partial charge in [0.05, 0.1) is 16.6 Å². The summed E-state index contributed by atoms with van der Waals surface area (Å²) in [4.78, 5) is 3.72. The number of aromatic nitrogens is 1. The molecule has 1 aromatic carbocycles. The summed E-state index contributed by atoms with van der Waals surface area (Å²) in [5.41, 5.74) is -3.58. The molecule has 0 aliphatic carbocycles. The van der Waals surface area contributed by atoms with Gasteiger partial charge in [-0.15, -0.1) is 0 Å². The Labute approximate surface area is 111 Å². The molecule has 0 radical (unpaired) electrons. The third-order valence-corrected chi connectivity index (χ3v) is 2.87. The number of pyridine rings is 1. The van der Waals surface area contributed by atoms with E-state index < -0.39 is 28.9 Å². The summed E-state index contributed by atoms with van der Waals surface area (Å²) < 4.78 is 76.8. The molecule has 0 saturated carbocycles. The summed E-state index contributed by atoms with van der Waals surface area (Å²) in [7, 11) is 0. The second kappa shape index (κ2) is 4.36. The van der Waals surface area contributed by atoms with Crippen LogP contribution in [0.5, 0.6) is 0 Å². The van der Waals surface area contributed by atoms with Crippen LogP contribution in [0.25, 0.3) is 10.9 Å². The summed E-state index contributed by atoms with van der Waals surface area (Å²) in [6.07, 6.45) is -10.2. The molecule has 0 unspecified atom stereocenters. The number of halogens is 7. The monoisotopic (exact) mass is 343 g/mol. The second-order valence-corrected chi connectivity index (χ2v) is 4.50. The van der Waals surface area contributed by atoms with Crippen molar-refractivity contribution >= 4 is 26.8 Å². The Kier molecular flexibility index (Phi) is 3.24. The topological polar surface area (TPSA) is 12.9 Å². The molecule has 0 amide bonds. The molecule has 2 rings (SSSR count). The van der Waals surface area contributed by atoms with E-state index in [9.17, 15) is 26.3 Å². The zero-order valence-corrected chi connectivity index (χ0v) is 10.5. The molecule has 102 valence electrons. The number of nitrogens with zero attached hydrogens (tertiary/aromatic N) is 1. The molecular weight excluding hydrogens is 340 g/mol. The third-order valence-electron chi connectivity index (χ3n) is 2.43. The van der Waals surface area contributed by atoms with Gasteiger partial charge in [0, 0.05) is 5.39 Å². The molecule has 0 bridgehead atoms. The molecule has 19 heavy (non-hydrogen) atoms. The zero-order valence-electron chi connectivity index (χ0n) is 8.90. The minimum atomic E-state index is -5.11. The van der Waals surface area contributed by atoms with Crippen LogP contribution in [0.15, 0.2) is 28.9 Å². The van der Waals surface area contributed by atoms with Gasteiger partial charge in [-0.3, -0.25) is 0 Å². The molecule has 0 atom stereocenters. The van der Waals surface area contributed by atoms with Crippen molar-refractivity contribution in [1.29, 1.82) is 0 Å². The number of fused-ring (bicyclic) bond motifs is 1. The highest BCUT2D eigenvalue weighted by molar-refractivity contribution is 9.10. The van der Waals surface area contributed by atoms with Crippen LogP contribution in [0.1, 0.15) is 11.1 Å². The van der Waals surface area contributed by atoms with Gasteiger partial charge in [-0.05, 0) is 40.2 Å². The lowest BCUT2D eigenvalue weighted by Gasteiger charge is -2.17. The molecule has 0 spiro atoms. The number of alkyl halides is 6. The van der Waals surface area contributed by atoms with E-state index in [2.05, 4.69) is 20.9 Å². The fourth-order valence-corrected chi connectivity index (χ4v) is 2.04. The van der Waals surface area contributed by atoms with Crippen LogP contribution >= 0.6 is 15.9 Å². The van der Waals surface area contributed by atoms with Crippen molar-refractivity contribution in [1.82, 2.24) is 4.98 Å². The van der Waals surface area contributed by atoms with Crippen molar-refractivity contribution in [3.8, 4) is 0 Å². The SMILES string of the molecule is FC(F)(F)c1ccc2nc(Br)ccc2c1C(F)(F)F. The van der Waals surface area contributed by atoms with Gasteiger partial charge in [0.25, 0.3) is 0 Å². The van der Waals surface area contributed by atoms with E-state index in [1.165, 1.54) is 0 Å². The van der Waals surface area contributed by atoms with Gasteiger partial charge in [0.2, 0.25) is 0 Å². The van der Waals surface area contributed by atoms with Gasteiger partial charge in [-0.25, -0.2) is 4.98 Å². The zero-order chi connectivity index (χ0) is 14.4. The number of hydrogen-bond acceptors (Lipinski definition) is 1. The van der Waals surface area contributed by atoms with Gasteiger partial charge in [-0.1, -0.05) is 0 Å². The number of rotatable bonds is 0. The van der Waals surface area contributed by atoms with Crippen molar-refractivity contribution < 1.29 is 26.3 Å². The Hall–Kier alpha value is -1.31. The van der Waals surface area contributed by atoms with E-state index in [0.29, 0.717) is 6.07 Å². The predicted octanol–water partition coefficient (Wildman–Crippen LogP) is 5.03. The van der Waals surface area contributed by atoms with Crippen molar-refractivity contribution in [3.05, 3.63) is 40.0 Å². The average Bonchev–Trinajstić information content (AvgIpc) is 2.24. The van der Waals surface area contributed by atoms with Crippen LogP contribution in [-0.4, -0.2) is 4.98 Å². The highest BCUT2D eigenvalue weighted by Gasteiger charge is 2.44. The van der Waals surface area contributed by atoms with Crippen LogP contribution in [0, 0.1) is 0 Å². The Bertz CT molecular complexity index is 631. The van der Waals surface area contributed by atoms with E-state index in [1.807, 2.05) is 0 Å². The van der Waals surface area contributed by atoms with Crippen LogP contribution in [0.2, 0.25) is 0 Å². The quantitative estimate of drug-likeness (QED) is 0.482. The lowest BCUT2D eigenvalue weighted by molar-refractivity contribution is -0.161. The standard InChI is InChI=1S/C11H4BrF6N/c12-8-4-1-5-7(19-8)3-2-6(10(13,14)15)9(5)11(16,17)18/h1-4H. The predicted molar refractivity (Wildman–Crippen MR) is 59.4 cm³/mol. The van der Waals surface area contributed by atoms with E-state index in [4.69, 9.17) is 0 Å². The van der Waals surface area contributed by atoms with Crippen molar-refractivity contribution in [2.24, 2.45) is 0 Å². The molecular formula is C11H4BrF6N. The minimum Gasteiger partial charge on any atom is -0.241 e. The van der Waals surface area contributed by atoms with E-state index in [-0.39, 0.29) is 10.1 Å². The van der Waals surface area contributed by atoms with E-state index >= 15 is 0 Å². The molecule has 1 heterocycles. The van der Waals surface area contributed by atoms with Gasteiger partial charge >= 0.3 is 12.4 Å². The molecule has 0 saturated heterocycles. The van der Waals surface area contributed by atoms with Crippen LogP contribution in [-0.2, 0) is 12.4 Å². The molecule has 2 aromatic rings. The Morgan fingerprint density at radius 3 is 2.00 bits per heavy atom. The van der Waals surface area contributed by atoms with Crippen molar-refractivity contribution in [2.75, 3.05) is 0 Å². The first-order chi connectivity index (χ1) is 8.60. The van der Waals surface area contributed by atoms with Gasteiger partial charge < -0.3 is 0 Å². The first kappa shape index (κ1) is 14.1. The van der Waals surface area contributed by atoms with E-state index in [0.717, 1.165) is 18.2 Å². The molecule has 0 aliphatic heterocycles. The summed E-state index contributed by atoms with van der Waals surface area (Å²) in [6, 6.07) is 3.44. The highest BCUT2D eigenvalue weighted by atomic mass is 79.9. The van der Waals surface area contributed by atoms with Crippen LogP contribution in [0.3, 0.4) is 0 Å². The second-order valence-electron chi connectivity index (χ2n) is 3.68. The Morgan fingerprint density at radius 1 is 0.842 bits per heavy atom. The summed E-state index contributed by atoms with van der Waals surface area (Å²) in [5.74, 6) is 0. The van der Waals surface area contributed by atoms with Gasteiger partial charge in [-0.2, -0.15) is 26.3 Å². The lowest BCUT2D eigenvalue weighted by atomic mass is 10.0. The first-order valence-electron chi connectivity index (χ1n) is 4.84. The van der Waals surface area contributed by atoms with Gasteiger partial charge in [0.15, 0.2) is 0 Å². The molecule has 1 aromatic heterocycles. The van der Waals surface area contributed by atoms with Crippen molar-refractivity contribution in [3.63, 3.8) is 0 Å². The summed E-state index contributed by atoms with van der Waals surface area (Å²) in [5, 5.41) is -0.578. The Balaban J connectivity index is 2.90. The first-order valence-corrected chi connectivity index (χ1v) is 5.63. The van der Waals surface area contributed by atoms with Gasteiger partial charge in [0.1, 0.15) is 4.60 Å². The maximum absolute atomic E-state index is 12.9. The molecule has 0 N–H and O–H groups in total. The van der Waals surface area contributed by atoms with E-state index in [1.54, 1.807) is 0 Å². The largest absolute Gasteiger partial charge is 0.417 e. The Morgan fingerprint density at radius 2 is 1.47 bits per heavy atom. The maximum atomic E-state index is 12.9. The smallest absolute Gasteiger partial charge is 0.241 e. The third kappa shape index (κ3) is 2.68. The average molecular weight is 344 g/mol. The highest BCUT2D eigenvalue weighted by Crippen LogP contribution is 2.43. The molecule has 0 fully saturated rings. The molecule has 0 aliphatic rings.